The maximum Gasteiger partial charge on any atom is 0.226 e. The molecule has 3 aromatic rings. The molecule has 0 radical (unpaired) electrons. The number of anilines is 1. The van der Waals surface area contributed by atoms with E-state index in [9.17, 15) is 0 Å². The topological polar surface area (TPSA) is 50.7 Å². The molecule has 0 saturated carbocycles. The number of hydrogen-bond acceptors (Lipinski definition) is 6. The first kappa shape index (κ1) is 24.7. The zero-order valence-corrected chi connectivity index (χ0v) is 21.5. The summed E-state index contributed by atoms with van der Waals surface area (Å²) in [6, 6.07) is 14.2. The number of rotatable bonds is 8. The van der Waals surface area contributed by atoms with E-state index in [1.807, 2.05) is 63.2 Å². The number of hydrogen-bond donors (Lipinski definition) is 0. The van der Waals surface area contributed by atoms with Crippen molar-refractivity contribution in [3.63, 3.8) is 0 Å². The van der Waals surface area contributed by atoms with Gasteiger partial charge in [0, 0.05) is 48.6 Å². The summed E-state index contributed by atoms with van der Waals surface area (Å²) in [7, 11) is 2.16. The van der Waals surface area contributed by atoms with Crippen molar-refractivity contribution in [1.82, 2.24) is 14.9 Å². The van der Waals surface area contributed by atoms with Crippen LogP contribution in [0.25, 0.3) is 17.3 Å². The number of aryl methyl sites for hydroxylation is 1. The van der Waals surface area contributed by atoms with E-state index >= 15 is 0 Å². The molecule has 0 unspecified atom stereocenters. The van der Waals surface area contributed by atoms with Crippen LogP contribution in [-0.2, 0) is 6.42 Å². The van der Waals surface area contributed by atoms with Crippen LogP contribution in [0.15, 0.2) is 49.0 Å². The Morgan fingerprint density at radius 3 is 2.40 bits per heavy atom. The Hall–Kier alpha value is -3.38. The van der Waals surface area contributed by atoms with E-state index in [4.69, 9.17) is 19.4 Å². The number of benzene rings is 2. The second-order valence-electron chi connectivity index (χ2n) is 9.20. The Morgan fingerprint density at radius 2 is 1.71 bits per heavy atom. The van der Waals surface area contributed by atoms with Crippen LogP contribution < -0.4 is 14.4 Å². The van der Waals surface area contributed by atoms with Gasteiger partial charge in [-0.3, -0.25) is 0 Å². The van der Waals surface area contributed by atoms with E-state index in [0.29, 0.717) is 11.7 Å². The molecule has 0 aliphatic carbocycles. The quantitative estimate of drug-likeness (QED) is 0.401. The van der Waals surface area contributed by atoms with Crippen LogP contribution >= 0.6 is 0 Å². The molecule has 0 N–H and O–H groups in total. The van der Waals surface area contributed by atoms with E-state index in [1.54, 1.807) is 0 Å². The molecule has 1 saturated heterocycles. The number of nitrogens with zero attached hydrogens (tertiary/aromatic N) is 4. The van der Waals surface area contributed by atoms with Crippen molar-refractivity contribution in [2.24, 2.45) is 0 Å². The Kier molecular flexibility index (Phi) is 7.71. The van der Waals surface area contributed by atoms with Gasteiger partial charge in [0.15, 0.2) is 0 Å². The summed E-state index contributed by atoms with van der Waals surface area (Å²) < 4.78 is 12.6. The highest BCUT2D eigenvalue weighted by Crippen LogP contribution is 2.39. The third-order valence-corrected chi connectivity index (χ3v) is 6.24. The molecule has 35 heavy (non-hydrogen) atoms. The van der Waals surface area contributed by atoms with Gasteiger partial charge in [-0.15, -0.1) is 0 Å². The fourth-order valence-electron chi connectivity index (χ4n) is 4.47. The van der Waals surface area contributed by atoms with Gasteiger partial charge in [-0.1, -0.05) is 37.8 Å². The summed E-state index contributed by atoms with van der Waals surface area (Å²) >= 11 is 0. The lowest BCUT2D eigenvalue weighted by molar-refractivity contribution is 0.243. The molecule has 1 aliphatic rings. The number of aromatic nitrogens is 2. The molecule has 1 fully saturated rings. The standard InChI is InChI=1S/C29H36N4O2/c1-7-22-25(33-18-16-32(6)17-19-33)13-11-15-26(22)35-29-23(8-2)28(30-21(5)31-29)24-12-9-10-14-27(24)34-20(3)4/h7,9-15,20H,1,8,16-19H2,2-6H3. The Morgan fingerprint density at radius 1 is 1.00 bits per heavy atom. The van der Waals surface area contributed by atoms with Crippen LogP contribution in [0.3, 0.4) is 0 Å². The van der Waals surface area contributed by atoms with Gasteiger partial charge in [0.05, 0.1) is 11.8 Å². The molecule has 0 atom stereocenters. The summed E-state index contributed by atoms with van der Waals surface area (Å²) in [4.78, 5) is 14.3. The molecule has 6 heteroatoms. The Bertz CT molecular complexity index is 1180. The number of ether oxygens (including phenoxy) is 2. The zero-order valence-electron chi connectivity index (χ0n) is 21.5. The van der Waals surface area contributed by atoms with Gasteiger partial charge in [0.2, 0.25) is 5.88 Å². The zero-order chi connectivity index (χ0) is 24.9. The van der Waals surface area contributed by atoms with Crippen molar-refractivity contribution in [2.75, 3.05) is 38.1 Å². The molecule has 1 aromatic heterocycles. The third kappa shape index (κ3) is 5.49. The minimum atomic E-state index is 0.0624. The summed E-state index contributed by atoms with van der Waals surface area (Å²) in [6.07, 6.45) is 2.67. The summed E-state index contributed by atoms with van der Waals surface area (Å²) in [5, 5.41) is 0. The van der Waals surface area contributed by atoms with Crippen LogP contribution in [0, 0.1) is 6.92 Å². The van der Waals surface area contributed by atoms with Crippen molar-refractivity contribution in [3.8, 4) is 28.6 Å². The van der Waals surface area contributed by atoms with E-state index in [1.165, 1.54) is 0 Å². The first-order valence-electron chi connectivity index (χ1n) is 12.4. The highest BCUT2D eigenvalue weighted by atomic mass is 16.5. The van der Waals surface area contributed by atoms with E-state index in [0.717, 1.165) is 72.2 Å². The number of para-hydroxylation sites is 1. The molecule has 1 aliphatic heterocycles. The van der Waals surface area contributed by atoms with E-state index < -0.39 is 0 Å². The molecule has 0 spiro atoms. The van der Waals surface area contributed by atoms with E-state index in [2.05, 4.69) is 36.4 Å². The molecular weight excluding hydrogens is 436 g/mol. The van der Waals surface area contributed by atoms with Crippen molar-refractivity contribution < 1.29 is 9.47 Å². The van der Waals surface area contributed by atoms with Gasteiger partial charge in [-0.2, -0.15) is 4.98 Å². The highest BCUT2D eigenvalue weighted by Gasteiger charge is 2.22. The van der Waals surface area contributed by atoms with E-state index in [-0.39, 0.29) is 6.10 Å². The molecule has 2 heterocycles. The number of piperazine rings is 1. The number of likely N-dealkylation sites (N-methyl/N-ethyl adjacent to an activating group) is 1. The van der Waals surface area contributed by atoms with Crippen LogP contribution in [0.2, 0.25) is 0 Å². The molecule has 4 rings (SSSR count). The predicted molar refractivity (Wildman–Crippen MR) is 144 cm³/mol. The smallest absolute Gasteiger partial charge is 0.226 e. The van der Waals surface area contributed by atoms with Crippen molar-refractivity contribution in [2.45, 2.75) is 40.2 Å². The highest BCUT2D eigenvalue weighted by molar-refractivity contribution is 5.74. The van der Waals surface area contributed by atoms with Crippen molar-refractivity contribution >= 4 is 11.8 Å². The summed E-state index contributed by atoms with van der Waals surface area (Å²) in [5.74, 6) is 2.79. The van der Waals surface area contributed by atoms with Crippen molar-refractivity contribution in [1.29, 1.82) is 0 Å². The fourth-order valence-corrected chi connectivity index (χ4v) is 4.47. The van der Waals surface area contributed by atoms with Gasteiger partial charge in [-0.25, -0.2) is 4.98 Å². The average Bonchev–Trinajstić information content (AvgIpc) is 2.84. The Balaban J connectivity index is 1.76. The van der Waals surface area contributed by atoms with Gasteiger partial charge in [0.1, 0.15) is 17.3 Å². The molecule has 184 valence electrons. The van der Waals surface area contributed by atoms with Crippen LogP contribution in [0.5, 0.6) is 17.4 Å². The lowest BCUT2D eigenvalue weighted by Gasteiger charge is -2.35. The summed E-state index contributed by atoms with van der Waals surface area (Å²) in [6.45, 7) is 16.2. The van der Waals surface area contributed by atoms with Crippen molar-refractivity contribution in [3.05, 3.63) is 66.0 Å². The lowest BCUT2D eigenvalue weighted by atomic mass is 10.0. The predicted octanol–water partition coefficient (Wildman–Crippen LogP) is 5.99. The second kappa shape index (κ2) is 10.9. The van der Waals surface area contributed by atoms with Gasteiger partial charge in [-0.05, 0) is 58.5 Å². The van der Waals surface area contributed by atoms with Crippen LogP contribution in [0.1, 0.15) is 37.7 Å². The monoisotopic (exact) mass is 472 g/mol. The van der Waals surface area contributed by atoms with Gasteiger partial charge < -0.3 is 19.3 Å². The minimum absolute atomic E-state index is 0.0624. The van der Waals surface area contributed by atoms with Gasteiger partial charge in [0.25, 0.3) is 0 Å². The first-order chi connectivity index (χ1) is 16.9. The molecule has 0 amide bonds. The van der Waals surface area contributed by atoms with Crippen LogP contribution in [-0.4, -0.2) is 54.2 Å². The summed E-state index contributed by atoms with van der Waals surface area (Å²) in [5.41, 5.74) is 4.88. The maximum absolute atomic E-state index is 6.54. The first-order valence-corrected chi connectivity index (χ1v) is 12.4. The minimum Gasteiger partial charge on any atom is -0.490 e. The molecule has 2 aromatic carbocycles. The average molecular weight is 473 g/mol. The van der Waals surface area contributed by atoms with Gasteiger partial charge >= 0.3 is 0 Å². The SMILES string of the molecule is C=Cc1c(Oc2nc(C)nc(-c3ccccc3OC(C)C)c2CC)cccc1N1CCN(C)CC1. The lowest BCUT2D eigenvalue weighted by Crippen LogP contribution is -2.44. The van der Waals surface area contributed by atoms with Crippen LogP contribution in [0.4, 0.5) is 5.69 Å². The molecular formula is C29H36N4O2. The fraction of sp³-hybridized carbons (Fsp3) is 0.379. The molecule has 6 nitrogen and oxygen atoms in total. The Labute approximate surface area is 209 Å². The largest absolute Gasteiger partial charge is 0.490 e. The third-order valence-electron chi connectivity index (χ3n) is 6.24. The maximum atomic E-state index is 6.54. The second-order valence-corrected chi connectivity index (χ2v) is 9.20. The normalized spacial score (nSPS) is 14.3. The molecule has 0 bridgehead atoms.